The van der Waals surface area contributed by atoms with Crippen molar-refractivity contribution in [3.05, 3.63) is 30.1 Å². The van der Waals surface area contributed by atoms with E-state index in [-0.39, 0.29) is 24.4 Å². The van der Waals surface area contributed by atoms with Crippen molar-refractivity contribution in [3.63, 3.8) is 0 Å². The molecular weight excluding hydrogens is 295 g/mol. The van der Waals surface area contributed by atoms with Gasteiger partial charge in [-0.2, -0.15) is 0 Å². The summed E-state index contributed by atoms with van der Waals surface area (Å²) in [5.41, 5.74) is 0. The minimum Gasteiger partial charge on any atom is -0.484 e. The Morgan fingerprint density at radius 3 is 2.43 bits per heavy atom. The van der Waals surface area contributed by atoms with E-state index in [0.717, 1.165) is 32.0 Å². The van der Waals surface area contributed by atoms with Gasteiger partial charge < -0.3 is 15.0 Å². The van der Waals surface area contributed by atoms with Gasteiger partial charge >= 0.3 is 0 Å². The number of halogens is 1. The number of benzene rings is 1. The van der Waals surface area contributed by atoms with E-state index in [9.17, 15) is 9.18 Å². The van der Waals surface area contributed by atoms with Crippen LogP contribution in [0.4, 0.5) is 4.39 Å². The van der Waals surface area contributed by atoms with Crippen molar-refractivity contribution >= 4 is 5.91 Å². The molecule has 23 heavy (non-hydrogen) atoms. The fourth-order valence-electron chi connectivity index (χ4n) is 3.63. The van der Waals surface area contributed by atoms with E-state index in [1.54, 1.807) is 0 Å². The Morgan fingerprint density at radius 1 is 1.13 bits per heavy atom. The molecule has 1 saturated carbocycles. The standard InChI is InChI=1S/C18H25FN2O2/c19-14-5-7-17(8-6-14)23-13-18(22)20-15-9-11-21(12-10-15)16-3-1-2-4-16/h5-8,15-16H,1-4,9-13H2,(H,20,22). The molecule has 1 aromatic rings. The molecule has 5 heteroatoms. The Labute approximate surface area is 137 Å². The fourth-order valence-corrected chi connectivity index (χ4v) is 3.63. The lowest BCUT2D eigenvalue weighted by Crippen LogP contribution is -2.48. The first-order valence-corrected chi connectivity index (χ1v) is 8.62. The first-order valence-electron chi connectivity index (χ1n) is 8.62. The van der Waals surface area contributed by atoms with Crippen molar-refractivity contribution in [3.8, 4) is 5.75 Å². The van der Waals surface area contributed by atoms with Crippen LogP contribution >= 0.6 is 0 Å². The molecule has 1 amide bonds. The van der Waals surface area contributed by atoms with Crippen LogP contribution in [0, 0.1) is 5.82 Å². The first kappa shape index (κ1) is 16.2. The minimum absolute atomic E-state index is 0.0194. The summed E-state index contributed by atoms with van der Waals surface area (Å²) in [4.78, 5) is 14.6. The third kappa shape index (κ3) is 4.67. The zero-order valence-corrected chi connectivity index (χ0v) is 13.5. The lowest BCUT2D eigenvalue weighted by Gasteiger charge is -2.36. The number of hydrogen-bond donors (Lipinski definition) is 1. The molecule has 0 aromatic heterocycles. The number of carbonyl (C=O) groups excluding carboxylic acids is 1. The summed E-state index contributed by atoms with van der Waals surface area (Å²) in [5, 5.41) is 3.05. The van der Waals surface area contributed by atoms with Crippen molar-refractivity contribution in [2.45, 2.75) is 50.6 Å². The van der Waals surface area contributed by atoms with Crippen molar-refractivity contribution in [1.29, 1.82) is 0 Å². The van der Waals surface area contributed by atoms with Gasteiger partial charge in [0, 0.05) is 25.2 Å². The van der Waals surface area contributed by atoms with Crippen LogP contribution < -0.4 is 10.1 Å². The Morgan fingerprint density at radius 2 is 1.78 bits per heavy atom. The molecule has 126 valence electrons. The maximum atomic E-state index is 12.8. The summed E-state index contributed by atoms with van der Waals surface area (Å²) < 4.78 is 18.2. The van der Waals surface area contributed by atoms with E-state index in [4.69, 9.17) is 4.74 Å². The van der Waals surface area contributed by atoms with Crippen LogP contribution in [-0.4, -0.2) is 42.6 Å². The molecule has 0 radical (unpaired) electrons. The SMILES string of the molecule is O=C(COc1ccc(F)cc1)NC1CCN(C2CCCC2)CC1. The maximum absolute atomic E-state index is 12.8. The third-order valence-corrected chi connectivity index (χ3v) is 4.92. The molecule has 0 unspecified atom stereocenters. The summed E-state index contributed by atoms with van der Waals surface area (Å²) >= 11 is 0. The van der Waals surface area contributed by atoms with Crippen LogP contribution in [0.5, 0.6) is 5.75 Å². The van der Waals surface area contributed by atoms with Gasteiger partial charge in [0.15, 0.2) is 6.61 Å². The van der Waals surface area contributed by atoms with E-state index >= 15 is 0 Å². The second-order valence-corrected chi connectivity index (χ2v) is 6.56. The summed E-state index contributed by atoms with van der Waals surface area (Å²) in [7, 11) is 0. The van der Waals surface area contributed by atoms with E-state index in [1.807, 2.05) is 0 Å². The van der Waals surface area contributed by atoms with Crippen molar-refractivity contribution in [2.24, 2.45) is 0 Å². The van der Waals surface area contributed by atoms with Crippen LogP contribution in [0.3, 0.4) is 0 Å². The number of hydrogen-bond acceptors (Lipinski definition) is 3. The minimum atomic E-state index is -0.309. The van der Waals surface area contributed by atoms with Gasteiger partial charge in [0.05, 0.1) is 0 Å². The highest BCUT2D eigenvalue weighted by Crippen LogP contribution is 2.26. The fraction of sp³-hybridized carbons (Fsp3) is 0.611. The Balaban J connectivity index is 1.36. The average molecular weight is 320 g/mol. The number of likely N-dealkylation sites (tertiary alicyclic amines) is 1. The molecule has 1 heterocycles. The van der Waals surface area contributed by atoms with Crippen LogP contribution in [0.25, 0.3) is 0 Å². The van der Waals surface area contributed by atoms with E-state index < -0.39 is 0 Å². The predicted octanol–water partition coefficient (Wildman–Crippen LogP) is 2.73. The Kier molecular flexibility index (Phi) is 5.49. The molecule has 2 fully saturated rings. The van der Waals surface area contributed by atoms with Crippen LogP contribution in [0.15, 0.2) is 24.3 Å². The summed E-state index contributed by atoms with van der Waals surface area (Å²) in [6.45, 7) is 2.14. The topological polar surface area (TPSA) is 41.6 Å². The highest BCUT2D eigenvalue weighted by atomic mass is 19.1. The smallest absolute Gasteiger partial charge is 0.258 e. The third-order valence-electron chi connectivity index (χ3n) is 4.92. The number of nitrogens with one attached hydrogen (secondary N) is 1. The lowest BCUT2D eigenvalue weighted by molar-refractivity contribution is -0.124. The Hall–Kier alpha value is -1.62. The number of piperidine rings is 1. The predicted molar refractivity (Wildman–Crippen MR) is 86.9 cm³/mol. The number of rotatable bonds is 5. The molecule has 0 bridgehead atoms. The van der Waals surface area contributed by atoms with Crippen molar-refractivity contribution < 1.29 is 13.9 Å². The molecule has 3 rings (SSSR count). The Bertz CT molecular complexity index is 506. The molecular formula is C18H25FN2O2. The molecule has 0 spiro atoms. The molecule has 1 N–H and O–H groups in total. The molecule has 1 aromatic carbocycles. The molecule has 1 aliphatic heterocycles. The summed E-state index contributed by atoms with van der Waals surface area (Å²) in [6, 6.07) is 6.73. The molecule has 2 aliphatic rings. The van der Waals surface area contributed by atoms with Crippen LogP contribution in [0.1, 0.15) is 38.5 Å². The van der Waals surface area contributed by atoms with Crippen LogP contribution in [-0.2, 0) is 4.79 Å². The highest BCUT2D eigenvalue weighted by molar-refractivity contribution is 5.77. The average Bonchev–Trinajstić information content (AvgIpc) is 3.09. The summed E-state index contributed by atoms with van der Waals surface area (Å²) in [6.07, 6.45) is 7.42. The van der Waals surface area contributed by atoms with Crippen molar-refractivity contribution in [2.75, 3.05) is 19.7 Å². The van der Waals surface area contributed by atoms with Crippen LogP contribution in [0.2, 0.25) is 0 Å². The number of ether oxygens (including phenoxy) is 1. The quantitative estimate of drug-likeness (QED) is 0.907. The maximum Gasteiger partial charge on any atom is 0.258 e. The van der Waals surface area contributed by atoms with Gasteiger partial charge in [-0.1, -0.05) is 12.8 Å². The normalized spacial score (nSPS) is 20.6. The second kappa shape index (κ2) is 7.77. The van der Waals surface area contributed by atoms with Crippen molar-refractivity contribution in [1.82, 2.24) is 10.2 Å². The second-order valence-electron chi connectivity index (χ2n) is 6.56. The van der Waals surface area contributed by atoms with Gasteiger partial charge in [-0.15, -0.1) is 0 Å². The number of nitrogens with zero attached hydrogens (tertiary/aromatic N) is 1. The van der Waals surface area contributed by atoms with E-state index in [0.29, 0.717) is 5.75 Å². The zero-order valence-electron chi connectivity index (χ0n) is 13.5. The first-order chi connectivity index (χ1) is 11.2. The van der Waals surface area contributed by atoms with E-state index in [1.165, 1.54) is 49.9 Å². The summed E-state index contributed by atoms with van der Waals surface area (Å²) in [5.74, 6) is 0.0991. The monoisotopic (exact) mass is 320 g/mol. The lowest BCUT2D eigenvalue weighted by atomic mass is 10.0. The van der Waals surface area contributed by atoms with Gasteiger partial charge in [0.1, 0.15) is 11.6 Å². The van der Waals surface area contributed by atoms with Gasteiger partial charge in [0.2, 0.25) is 0 Å². The van der Waals surface area contributed by atoms with Gasteiger partial charge in [-0.05, 0) is 49.9 Å². The number of amides is 1. The van der Waals surface area contributed by atoms with Gasteiger partial charge in [-0.3, -0.25) is 4.79 Å². The molecule has 0 atom stereocenters. The van der Waals surface area contributed by atoms with E-state index in [2.05, 4.69) is 10.2 Å². The van der Waals surface area contributed by atoms with Gasteiger partial charge in [-0.25, -0.2) is 4.39 Å². The largest absolute Gasteiger partial charge is 0.484 e. The number of carbonyl (C=O) groups is 1. The molecule has 1 aliphatic carbocycles. The molecule has 4 nitrogen and oxygen atoms in total. The van der Waals surface area contributed by atoms with Gasteiger partial charge in [0.25, 0.3) is 5.91 Å². The highest BCUT2D eigenvalue weighted by Gasteiger charge is 2.27. The molecule has 1 saturated heterocycles. The zero-order chi connectivity index (χ0) is 16.1.